The number of hydrogen-bond donors (Lipinski definition) is 2. The normalized spacial score (nSPS) is 11.8. The fourth-order valence-corrected chi connectivity index (χ4v) is 1.85. The summed E-state index contributed by atoms with van der Waals surface area (Å²) in [6.45, 7) is 0. The van der Waals surface area contributed by atoms with Gasteiger partial charge in [-0.25, -0.2) is 0 Å². The zero-order chi connectivity index (χ0) is 13.5. The molecule has 19 heavy (non-hydrogen) atoms. The molecular weight excluding hydrogens is 238 g/mol. The average Bonchev–Trinajstić information content (AvgIpc) is 2.47. The molecule has 0 aliphatic heterocycles. The van der Waals surface area contributed by atoms with Gasteiger partial charge >= 0.3 is 0 Å². The van der Waals surface area contributed by atoms with E-state index >= 15 is 0 Å². The van der Waals surface area contributed by atoms with Crippen molar-refractivity contribution in [2.45, 2.75) is 18.9 Å². The van der Waals surface area contributed by atoms with Crippen LogP contribution in [-0.4, -0.2) is 11.0 Å². The maximum Gasteiger partial charge on any atom is 0.224 e. The average molecular weight is 255 g/mol. The van der Waals surface area contributed by atoms with E-state index < -0.39 is 6.10 Å². The molecule has 0 saturated heterocycles. The number of amides is 1. The Bertz CT molecular complexity index is 511. The van der Waals surface area contributed by atoms with Gasteiger partial charge < -0.3 is 10.4 Å². The van der Waals surface area contributed by atoms with Gasteiger partial charge in [-0.05, 0) is 24.1 Å². The number of anilines is 1. The van der Waals surface area contributed by atoms with Crippen LogP contribution in [0, 0.1) is 0 Å². The molecular formula is C16H17NO2. The highest BCUT2D eigenvalue weighted by atomic mass is 16.3. The summed E-state index contributed by atoms with van der Waals surface area (Å²) in [5, 5.41) is 12.8. The molecule has 98 valence electrons. The van der Waals surface area contributed by atoms with Gasteiger partial charge in [0.25, 0.3) is 0 Å². The number of rotatable bonds is 5. The van der Waals surface area contributed by atoms with Gasteiger partial charge in [0.05, 0.1) is 6.10 Å². The first-order chi connectivity index (χ1) is 9.25. The van der Waals surface area contributed by atoms with Gasteiger partial charge in [0.15, 0.2) is 0 Å². The van der Waals surface area contributed by atoms with Crippen molar-refractivity contribution in [1.82, 2.24) is 0 Å². The molecule has 0 saturated carbocycles. The second-order valence-corrected chi connectivity index (χ2v) is 4.38. The number of hydrogen-bond acceptors (Lipinski definition) is 2. The van der Waals surface area contributed by atoms with Crippen molar-refractivity contribution in [3.63, 3.8) is 0 Å². The highest BCUT2D eigenvalue weighted by Gasteiger charge is 2.10. The van der Waals surface area contributed by atoms with Crippen LogP contribution in [0.3, 0.4) is 0 Å². The minimum Gasteiger partial charge on any atom is -0.388 e. The molecule has 1 unspecified atom stereocenters. The Morgan fingerprint density at radius 1 is 1.00 bits per heavy atom. The molecule has 2 N–H and O–H groups in total. The fraction of sp³-hybridized carbons (Fsp3) is 0.188. The third-order valence-electron chi connectivity index (χ3n) is 2.89. The van der Waals surface area contributed by atoms with Gasteiger partial charge in [0.2, 0.25) is 5.91 Å². The Morgan fingerprint density at radius 3 is 2.21 bits per heavy atom. The largest absolute Gasteiger partial charge is 0.388 e. The lowest BCUT2D eigenvalue weighted by Crippen LogP contribution is -2.12. The Hall–Kier alpha value is -2.13. The lowest BCUT2D eigenvalue weighted by atomic mass is 10.0. The van der Waals surface area contributed by atoms with E-state index in [1.165, 1.54) is 0 Å². The van der Waals surface area contributed by atoms with Gasteiger partial charge in [0.1, 0.15) is 0 Å². The predicted octanol–water partition coefficient (Wildman–Crippen LogP) is 3.14. The van der Waals surface area contributed by atoms with E-state index in [4.69, 9.17) is 0 Å². The number of benzene rings is 2. The van der Waals surface area contributed by atoms with Crippen molar-refractivity contribution in [2.24, 2.45) is 0 Å². The van der Waals surface area contributed by atoms with E-state index in [9.17, 15) is 9.90 Å². The van der Waals surface area contributed by atoms with Crippen molar-refractivity contribution in [1.29, 1.82) is 0 Å². The molecule has 0 aromatic heterocycles. The monoisotopic (exact) mass is 255 g/mol. The van der Waals surface area contributed by atoms with Gasteiger partial charge in [-0.3, -0.25) is 4.79 Å². The van der Waals surface area contributed by atoms with Gasteiger partial charge in [-0.15, -0.1) is 0 Å². The summed E-state index contributed by atoms with van der Waals surface area (Å²) in [7, 11) is 0. The van der Waals surface area contributed by atoms with Crippen LogP contribution in [0.5, 0.6) is 0 Å². The molecule has 0 heterocycles. The van der Waals surface area contributed by atoms with Crippen LogP contribution >= 0.6 is 0 Å². The van der Waals surface area contributed by atoms with Crippen molar-refractivity contribution in [2.75, 3.05) is 5.32 Å². The summed E-state index contributed by atoms with van der Waals surface area (Å²) in [4.78, 5) is 11.7. The van der Waals surface area contributed by atoms with E-state index in [-0.39, 0.29) is 5.91 Å². The first-order valence-corrected chi connectivity index (χ1v) is 6.33. The minimum absolute atomic E-state index is 0.0822. The molecule has 3 heteroatoms. The standard InChI is InChI=1S/C16H17NO2/c18-15(13-7-3-1-4-8-13)11-12-16(19)17-14-9-5-2-6-10-14/h1-10,15,18H,11-12H2,(H,17,19). The zero-order valence-corrected chi connectivity index (χ0v) is 10.6. The number of para-hydroxylation sites is 1. The van der Waals surface area contributed by atoms with Crippen LogP contribution in [0.25, 0.3) is 0 Å². The van der Waals surface area contributed by atoms with E-state index in [2.05, 4.69) is 5.32 Å². The van der Waals surface area contributed by atoms with Crippen molar-refractivity contribution >= 4 is 11.6 Å². The van der Waals surface area contributed by atoms with Crippen LogP contribution in [0.4, 0.5) is 5.69 Å². The fourth-order valence-electron chi connectivity index (χ4n) is 1.85. The molecule has 0 bridgehead atoms. The number of carbonyl (C=O) groups excluding carboxylic acids is 1. The topological polar surface area (TPSA) is 49.3 Å². The van der Waals surface area contributed by atoms with Gasteiger partial charge in [-0.2, -0.15) is 0 Å². The number of aliphatic hydroxyl groups excluding tert-OH is 1. The summed E-state index contributed by atoms with van der Waals surface area (Å²) in [5.74, 6) is -0.0822. The lowest BCUT2D eigenvalue weighted by molar-refractivity contribution is -0.116. The molecule has 0 radical (unpaired) electrons. The molecule has 1 amide bonds. The Morgan fingerprint density at radius 2 is 1.58 bits per heavy atom. The first-order valence-electron chi connectivity index (χ1n) is 6.33. The number of aliphatic hydroxyl groups is 1. The van der Waals surface area contributed by atoms with E-state index in [0.717, 1.165) is 11.3 Å². The zero-order valence-electron chi connectivity index (χ0n) is 10.6. The second kappa shape index (κ2) is 6.71. The second-order valence-electron chi connectivity index (χ2n) is 4.38. The van der Waals surface area contributed by atoms with Crippen LogP contribution < -0.4 is 5.32 Å². The number of carbonyl (C=O) groups is 1. The smallest absolute Gasteiger partial charge is 0.224 e. The molecule has 2 aromatic rings. The minimum atomic E-state index is -0.595. The summed E-state index contributed by atoms with van der Waals surface area (Å²) < 4.78 is 0. The molecule has 0 fully saturated rings. The summed E-state index contributed by atoms with van der Waals surface area (Å²) in [6.07, 6.45) is 0.121. The van der Waals surface area contributed by atoms with Crippen molar-refractivity contribution in [3.8, 4) is 0 Å². The molecule has 2 aromatic carbocycles. The van der Waals surface area contributed by atoms with Crippen LogP contribution in [0.1, 0.15) is 24.5 Å². The maximum atomic E-state index is 11.7. The summed E-state index contributed by atoms with van der Waals surface area (Å²) >= 11 is 0. The quantitative estimate of drug-likeness (QED) is 0.862. The van der Waals surface area contributed by atoms with E-state index in [1.807, 2.05) is 60.7 Å². The van der Waals surface area contributed by atoms with Crippen LogP contribution in [0.2, 0.25) is 0 Å². The number of nitrogens with one attached hydrogen (secondary N) is 1. The Balaban J connectivity index is 1.81. The molecule has 0 aliphatic rings. The third-order valence-corrected chi connectivity index (χ3v) is 2.89. The van der Waals surface area contributed by atoms with Crippen molar-refractivity contribution < 1.29 is 9.90 Å². The van der Waals surface area contributed by atoms with E-state index in [0.29, 0.717) is 12.8 Å². The van der Waals surface area contributed by atoms with Crippen LogP contribution in [-0.2, 0) is 4.79 Å². The Kier molecular flexibility index (Phi) is 4.70. The first kappa shape index (κ1) is 13.3. The maximum absolute atomic E-state index is 11.7. The molecule has 0 spiro atoms. The van der Waals surface area contributed by atoms with Crippen molar-refractivity contribution in [3.05, 3.63) is 66.2 Å². The highest BCUT2D eigenvalue weighted by molar-refractivity contribution is 5.90. The summed E-state index contributed by atoms with van der Waals surface area (Å²) in [6, 6.07) is 18.7. The highest BCUT2D eigenvalue weighted by Crippen LogP contribution is 2.18. The molecule has 0 aliphatic carbocycles. The molecule has 3 nitrogen and oxygen atoms in total. The van der Waals surface area contributed by atoms with Gasteiger partial charge in [0, 0.05) is 12.1 Å². The van der Waals surface area contributed by atoms with Crippen LogP contribution in [0.15, 0.2) is 60.7 Å². The Labute approximate surface area is 112 Å². The third kappa shape index (κ3) is 4.23. The molecule has 1 atom stereocenters. The predicted molar refractivity (Wildman–Crippen MR) is 75.7 cm³/mol. The van der Waals surface area contributed by atoms with Gasteiger partial charge in [-0.1, -0.05) is 48.5 Å². The SMILES string of the molecule is O=C(CCC(O)c1ccccc1)Nc1ccccc1. The molecule has 2 rings (SSSR count). The summed E-state index contributed by atoms with van der Waals surface area (Å²) in [5.41, 5.74) is 1.62. The van der Waals surface area contributed by atoms with E-state index in [1.54, 1.807) is 0 Å². The lowest BCUT2D eigenvalue weighted by Gasteiger charge is -2.10.